The molecule has 0 fully saturated rings. The highest BCUT2D eigenvalue weighted by Crippen LogP contribution is 2.06. The molecule has 1 rings (SSSR count). The molecule has 8 heavy (non-hydrogen) atoms. The molecule has 1 heterocycles. The Balaban J connectivity index is 2.50. The minimum absolute atomic E-state index is 0.163. The summed E-state index contributed by atoms with van der Waals surface area (Å²) in [6.07, 6.45) is 1.33. The van der Waals surface area contributed by atoms with E-state index in [1.807, 2.05) is 0 Å². The maximum atomic E-state index is 8.76. The number of hydrogen-bond acceptors (Lipinski definition) is 3. The maximum Gasteiger partial charge on any atom is 0.275 e. The summed E-state index contributed by atoms with van der Waals surface area (Å²) >= 11 is 0. The lowest BCUT2D eigenvalue weighted by molar-refractivity contribution is 0.0429. The molecular weight excluding hydrogens is 108 g/mol. The smallest absolute Gasteiger partial charge is 0.275 e. The molecule has 1 aliphatic rings. The van der Waals surface area contributed by atoms with Crippen LogP contribution >= 0.6 is 0 Å². The van der Waals surface area contributed by atoms with Crippen LogP contribution in [0.2, 0.25) is 0 Å². The zero-order chi connectivity index (χ0) is 5.98. The second-order valence-electron chi connectivity index (χ2n) is 1.71. The van der Waals surface area contributed by atoms with Gasteiger partial charge in [-0.1, -0.05) is 0 Å². The van der Waals surface area contributed by atoms with Crippen molar-refractivity contribution in [2.24, 2.45) is 0 Å². The van der Waals surface area contributed by atoms with E-state index in [0.29, 0.717) is 13.0 Å². The molecule has 0 amide bonds. The quantitative estimate of drug-likeness (QED) is 0.474. The Hall–Kier alpha value is -0.700. The van der Waals surface area contributed by atoms with Gasteiger partial charge in [-0.15, -0.1) is 0 Å². The summed E-state index contributed by atoms with van der Waals surface area (Å²) in [6.45, 7) is 0.406. The topological polar surface area (TPSA) is 49.7 Å². The van der Waals surface area contributed by atoms with E-state index in [4.69, 9.17) is 10.2 Å². The van der Waals surface area contributed by atoms with Crippen LogP contribution in [0.3, 0.4) is 0 Å². The second kappa shape index (κ2) is 2.05. The first-order valence-electron chi connectivity index (χ1n) is 2.50. The van der Waals surface area contributed by atoms with Crippen molar-refractivity contribution >= 4 is 0 Å². The molecule has 1 atom stereocenters. The van der Waals surface area contributed by atoms with E-state index in [9.17, 15) is 0 Å². The van der Waals surface area contributed by atoms with Crippen molar-refractivity contribution in [3.8, 4) is 0 Å². The van der Waals surface area contributed by atoms with Gasteiger partial charge in [-0.2, -0.15) is 0 Å². The molecule has 0 saturated heterocycles. The van der Waals surface area contributed by atoms with Crippen LogP contribution in [-0.2, 0) is 4.74 Å². The number of ether oxygens (including phenoxy) is 1. The number of aliphatic hydroxyl groups is 2. The van der Waals surface area contributed by atoms with Crippen molar-refractivity contribution in [3.05, 3.63) is 12.0 Å². The summed E-state index contributed by atoms with van der Waals surface area (Å²) in [7, 11) is 0. The molecule has 1 unspecified atom stereocenters. The largest absolute Gasteiger partial charge is 0.481 e. The normalized spacial score (nSPS) is 28.6. The second-order valence-corrected chi connectivity index (χ2v) is 1.71. The highest BCUT2D eigenvalue weighted by Gasteiger charge is 2.08. The fourth-order valence-corrected chi connectivity index (χ4v) is 0.580. The molecule has 3 nitrogen and oxygen atoms in total. The van der Waals surface area contributed by atoms with E-state index in [1.54, 1.807) is 0 Å². The first-order valence-corrected chi connectivity index (χ1v) is 2.50. The Morgan fingerprint density at radius 1 is 1.75 bits per heavy atom. The Bertz CT molecular complexity index is 108. The van der Waals surface area contributed by atoms with Gasteiger partial charge in [0.2, 0.25) is 0 Å². The SMILES string of the molecule is OC1=CC(O)CCO1. The standard InChI is InChI=1S/C5H8O3/c6-4-1-2-8-5(7)3-4/h3-4,6-7H,1-2H2. The highest BCUT2D eigenvalue weighted by atomic mass is 16.6. The monoisotopic (exact) mass is 116 g/mol. The van der Waals surface area contributed by atoms with E-state index in [2.05, 4.69) is 4.74 Å². The van der Waals surface area contributed by atoms with Gasteiger partial charge in [-0.3, -0.25) is 0 Å². The van der Waals surface area contributed by atoms with Gasteiger partial charge in [-0.05, 0) is 0 Å². The van der Waals surface area contributed by atoms with Gasteiger partial charge in [0.15, 0.2) is 0 Å². The molecule has 0 spiro atoms. The van der Waals surface area contributed by atoms with Crippen LogP contribution in [0, 0.1) is 0 Å². The summed E-state index contributed by atoms with van der Waals surface area (Å²) in [4.78, 5) is 0. The van der Waals surface area contributed by atoms with Gasteiger partial charge >= 0.3 is 0 Å². The Morgan fingerprint density at radius 2 is 2.50 bits per heavy atom. The van der Waals surface area contributed by atoms with Crippen LogP contribution < -0.4 is 0 Å². The Labute approximate surface area is 47.2 Å². The molecular formula is C5H8O3. The average molecular weight is 116 g/mol. The lowest BCUT2D eigenvalue weighted by Gasteiger charge is -2.13. The van der Waals surface area contributed by atoms with E-state index in [-0.39, 0.29) is 5.95 Å². The van der Waals surface area contributed by atoms with Crippen molar-refractivity contribution in [2.75, 3.05) is 6.61 Å². The zero-order valence-corrected chi connectivity index (χ0v) is 4.37. The van der Waals surface area contributed by atoms with Crippen LogP contribution in [-0.4, -0.2) is 22.9 Å². The van der Waals surface area contributed by atoms with Gasteiger partial charge in [-0.25, -0.2) is 0 Å². The predicted octanol–water partition coefficient (Wildman–Crippen LogP) is 0.167. The summed E-state index contributed by atoms with van der Waals surface area (Å²) < 4.78 is 4.60. The Kier molecular flexibility index (Phi) is 1.39. The fraction of sp³-hybridized carbons (Fsp3) is 0.600. The van der Waals surface area contributed by atoms with E-state index < -0.39 is 6.10 Å². The van der Waals surface area contributed by atoms with E-state index in [0.717, 1.165) is 0 Å². The van der Waals surface area contributed by atoms with Crippen LogP contribution in [0.25, 0.3) is 0 Å². The summed E-state index contributed by atoms with van der Waals surface area (Å²) in [5, 5.41) is 17.3. The van der Waals surface area contributed by atoms with Crippen molar-refractivity contribution in [1.82, 2.24) is 0 Å². The minimum Gasteiger partial charge on any atom is -0.481 e. The lowest BCUT2D eigenvalue weighted by atomic mass is 10.2. The zero-order valence-electron chi connectivity index (χ0n) is 4.37. The summed E-state index contributed by atoms with van der Waals surface area (Å²) in [6, 6.07) is 0. The third-order valence-electron chi connectivity index (χ3n) is 0.999. The molecule has 0 aromatic rings. The van der Waals surface area contributed by atoms with Crippen LogP contribution in [0.5, 0.6) is 0 Å². The number of aliphatic hydroxyl groups excluding tert-OH is 2. The molecule has 2 N–H and O–H groups in total. The van der Waals surface area contributed by atoms with Crippen molar-refractivity contribution in [3.63, 3.8) is 0 Å². The molecule has 0 aromatic heterocycles. The molecule has 46 valence electrons. The summed E-state index contributed by atoms with van der Waals surface area (Å²) in [5.41, 5.74) is 0. The molecule has 3 heteroatoms. The molecule has 0 saturated carbocycles. The minimum atomic E-state index is -0.524. The molecule has 0 aliphatic carbocycles. The number of hydrogen-bond donors (Lipinski definition) is 2. The van der Waals surface area contributed by atoms with Crippen LogP contribution in [0.1, 0.15) is 6.42 Å². The third-order valence-corrected chi connectivity index (χ3v) is 0.999. The summed E-state index contributed by atoms with van der Waals surface area (Å²) in [5.74, 6) is -0.163. The van der Waals surface area contributed by atoms with Crippen LogP contribution in [0.4, 0.5) is 0 Å². The number of rotatable bonds is 0. The first-order chi connectivity index (χ1) is 3.79. The lowest BCUT2D eigenvalue weighted by Crippen LogP contribution is -2.14. The van der Waals surface area contributed by atoms with Gasteiger partial charge in [0.1, 0.15) is 0 Å². The van der Waals surface area contributed by atoms with Gasteiger partial charge in [0.05, 0.1) is 12.7 Å². The van der Waals surface area contributed by atoms with Crippen molar-refractivity contribution < 1.29 is 14.9 Å². The maximum absolute atomic E-state index is 8.76. The molecule has 0 bridgehead atoms. The molecule has 1 aliphatic heterocycles. The van der Waals surface area contributed by atoms with E-state index in [1.165, 1.54) is 6.08 Å². The van der Waals surface area contributed by atoms with Gasteiger partial charge in [0, 0.05) is 12.5 Å². The first kappa shape index (κ1) is 5.44. The third kappa shape index (κ3) is 1.13. The average Bonchev–Trinajstić information content (AvgIpc) is 1.64. The predicted molar refractivity (Wildman–Crippen MR) is 27.3 cm³/mol. The molecule has 0 aromatic carbocycles. The van der Waals surface area contributed by atoms with Gasteiger partial charge in [0.25, 0.3) is 5.95 Å². The highest BCUT2D eigenvalue weighted by molar-refractivity contribution is 4.91. The fourth-order valence-electron chi connectivity index (χ4n) is 0.580. The van der Waals surface area contributed by atoms with Crippen molar-refractivity contribution in [2.45, 2.75) is 12.5 Å². The van der Waals surface area contributed by atoms with E-state index >= 15 is 0 Å². The molecule has 0 radical (unpaired) electrons. The van der Waals surface area contributed by atoms with Crippen LogP contribution in [0.15, 0.2) is 12.0 Å². The Morgan fingerprint density at radius 3 is 2.88 bits per heavy atom. The van der Waals surface area contributed by atoms with Gasteiger partial charge < -0.3 is 14.9 Å². The van der Waals surface area contributed by atoms with Crippen molar-refractivity contribution in [1.29, 1.82) is 0 Å².